The minimum Gasteiger partial charge on any atom is -0.325 e. The molecule has 0 bridgehead atoms. The molecule has 0 saturated heterocycles. The van der Waals surface area contributed by atoms with Crippen molar-refractivity contribution in [1.82, 2.24) is 5.27 Å². The smallest absolute Gasteiger partial charge is 0.325 e. The highest BCUT2D eigenvalue weighted by Crippen LogP contribution is 2.29. The molecule has 1 heterocycles. The van der Waals surface area contributed by atoms with Crippen LogP contribution in [0.4, 0.5) is 5.69 Å². The van der Waals surface area contributed by atoms with Crippen molar-refractivity contribution in [1.29, 1.82) is 0 Å². The van der Waals surface area contributed by atoms with Crippen molar-refractivity contribution in [2.75, 3.05) is 11.1 Å². The Morgan fingerprint density at radius 2 is 1.92 bits per heavy atom. The van der Waals surface area contributed by atoms with E-state index in [1.54, 1.807) is 22.9 Å². The Balaban J connectivity index is 1.62. The minimum atomic E-state index is -0.489. The summed E-state index contributed by atoms with van der Waals surface area (Å²) >= 11 is 13.2. The van der Waals surface area contributed by atoms with Gasteiger partial charge in [0.1, 0.15) is 0 Å². The quantitative estimate of drug-likeness (QED) is 0.479. The van der Waals surface area contributed by atoms with E-state index < -0.39 is 5.63 Å². The van der Waals surface area contributed by atoms with Crippen LogP contribution in [0.1, 0.15) is 6.42 Å². The lowest BCUT2D eigenvalue weighted by Crippen LogP contribution is -2.36. The van der Waals surface area contributed by atoms with E-state index in [9.17, 15) is 9.59 Å². The van der Waals surface area contributed by atoms with Crippen LogP contribution in [0.3, 0.4) is 0 Å². The standard InChI is InChI=1S/C17H13Cl2N3O3S/c18-12-7-4-8-13(15(12)19)20-14(23)9-10-26-16-17(24)25-21-22(16)11-5-2-1-3-6-11/h1-8H,9-10H2,(H-,20,21,23,24)/p+1. The third kappa shape index (κ3) is 4.30. The monoisotopic (exact) mass is 410 g/mol. The van der Waals surface area contributed by atoms with Crippen molar-refractivity contribution in [2.45, 2.75) is 11.4 Å². The van der Waals surface area contributed by atoms with Gasteiger partial charge in [-0.05, 0) is 33.8 Å². The maximum atomic E-state index is 12.1. The summed E-state index contributed by atoms with van der Waals surface area (Å²) in [7, 11) is 0. The van der Waals surface area contributed by atoms with E-state index in [0.29, 0.717) is 26.5 Å². The summed E-state index contributed by atoms with van der Waals surface area (Å²) < 4.78 is 6.40. The Morgan fingerprint density at radius 3 is 2.69 bits per heavy atom. The molecule has 2 N–H and O–H groups in total. The fourth-order valence-electron chi connectivity index (χ4n) is 2.19. The molecule has 0 aliphatic rings. The lowest BCUT2D eigenvalue weighted by molar-refractivity contribution is -0.704. The van der Waals surface area contributed by atoms with Crippen LogP contribution < -0.4 is 15.6 Å². The summed E-state index contributed by atoms with van der Waals surface area (Å²) in [6.45, 7) is 0. The molecule has 3 aromatic rings. The zero-order chi connectivity index (χ0) is 18.5. The van der Waals surface area contributed by atoms with E-state index in [2.05, 4.69) is 10.6 Å². The summed E-state index contributed by atoms with van der Waals surface area (Å²) in [6.07, 6.45) is 0.187. The molecule has 2 aromatic carbocycles. The largest absolute Gasteiger partial charge is 0.442 e. The number of carbonyl (C=O) groups is 1. The fraction of sp³-hybridized carbons (Fsp3) is 0.118. The second kappa shape index (κ2) is 8.44. The van der Waals surface area contributed by atoms with E-state index in [0.717, 1.165) is 5.69 Å². The number of halogens is 2. The molecule has 0 spiro atoms. The highest BCUT2D eigenvalue weighted by molar-refractivity contribution is 7.99. The molecule has 26 heavy (non-hydrogen) atoms. The molecule has 3 rings (SSSR count). The molecule has 1 amide bonds. The number of aromatic amines is 1. The second-order valence-corrected chi connectivity index (χ2v) is 7.07. The normalized spacial score (nSPS) is 10.7. The molecule has 9 heteroatoms. The van der Waals surface area contributed by atoms with Crippen molar-refractivity contribution < 1.29 is 14.0 Å². The van der Waals surface area contributed by atoms with Gasteiger partial charge in [-0.2, -0.15) is 0 Å². The van der Waals surface area contributed by atoms with Crippen LogP contribution in [0, 0.1) is 0 Å². The maximum Gasteiger partial charge on any atom is 0.442 e. The number of H-pyrrole nitrogens is 1. The number of aromatic nitrogens is 2. The van der Waals surface area contributed by atoms with Crippen molar-refractivity contribution in [3.63, 3.8) is 0 Å². The minimum absolute atomic E-state index is 0.187. The van der Waals surface area contributed by atoms with Gasteiger partial charge in [0.2, 0.25) is 11.6 Å². The molecule has 0 aliphatic heterocycles. The van der Waals surface area contributed by atoms with Gasteiger partial charge in [-0.3, -0.25) is 9.32 Å². The number of thioether (sulfide) groups is 1. The maximum absolute atomic E-state index is 12.1. The first-order valence-corrected chi connectivity index (χ1v) is 9.36. The SMILES string of the molecule is O=C(CCSc1c(=O)o[nH][n+]1-c1ccccc1)Nc1cccc(Cl)c1Cl. The number of rotatable bonds is 6. The Labute approximate surface area is 163 Å². The highest BCUT2D eigenvalue weighted by Gasteiger charge is 2.23. The van der Waals surface area contributed by atoms with Crippen LogP contribution in [0.2, 0.25) is 10.0 Å². The number of nitrogens with zero attached hydrogens (tertiary/aromatic N) is 1. The molecule has 0 radical (unpaired) electrons. The van der Waals surface area contributed by atoms with Crippen LogP contribution in [0.15, 0.2) is 62.9 Å². The molecule has 1 aromatic heterocycles. The molecule has 0 aliphatic carbocycles. The Bertz CT molecular complexity index is 973. The fourth-order valence-corrected chi connectivity index (χ4v) is 3.45. The van der Waals surface area contributed by atoms with Gasteiger partial charge in [-0.15, -0.1) is 0 Å². The summed E-state index contributed by atoms with van der Waals surface area (Å²) in [6, 6.07) is 14.3. The molecule has 134 valence electrons. The summed E-state index contributed by atoms with van der Waals surface area (Å²) in [5.41, 5.74) is 0.725. The number of amides is 1. The molecule has 0 saturated carbocycles. The zero-order valence-electron chi connectivity index (χ0n) is 13.4. The zero-order valence-corrected chi connectivity index (χ0v) is 15.7. The first kappa shape index (κ1) is 18.6. The Hall–Kier alpha value is -2.22. The first-order chi connectivity index (χ1) is 12.6. The number of benzene rings is 2. The number of anilines is 1. The number of para-hydroxylation sites is 1. The van der Waals surface area contributed by atoms with E-state index in [-0.39, 0.29) is 12.3 Å². The molecule has 0 atom stereocenters. The van der Waals surface area contributed by atoms with Crippen molar-refractivity contribution in [3.05, 3.63) is 69.0 Å². The van der Waals surface area contributed by atoms with Crippen LogP contribution in [0.5, 0.6) is 0 Å². The number of hydrogen-bond donors (Lipinski definition) is 2. The van der Waals surface area contributed by atoms with Gasteiger partial charge < -0.3 is 5.32 Å². The summed E-state index contributed by atoms with van der Waals surface area (Å²) in [4.78, 5) is 24.0. The lowest BCUT2D eigenvalue weighted by Gasteiger charge is -2.07. The molecular weight excluding hydrogens is 397 g/mol. The average Bonchev–Trinajstić information content (AvgIpc) is 3.01. The van der Waals surface area contributed by atoms with Gasteiger partial charge in [-0.25, -0.2) is 4.79 Å². The summed E-state index contributed by atoms with van der Waals surface area (Å²) in [5, 5.41) is 6.29. The predicted molar refractivity (Wildman–Crippen MR) is 101 cm³/mol. The number of hydrogen-bond acceptors (Lipinski definition) is 4. The Kier molecular flexibility index (Phi) is 6.03. The molecule has 0 unspecified atom stereocenters. The highest BCUT2D eigenvalue weighted by atomic mass is 35.5. The van der Waals surface area contributed by atoms with Gasteiger partial charge >= 0.3 is 10.7 Å². The van der Waals surface area contributed by atoms with Crippen molar-refractivity contribution >= 4 is 46.6 Å². The lowest BCUT2D eigenvalue weighted by atomic mass is 10.3. The van der Waals surface area contributed by atoms with Crippen molar-refractivity contribution in [2.24, 2.45) is 0 Å². The molecule has 0 fully saturated rings. The van der Waals surface area contributed by atoms with E-state index in [4.69, 9.17) is 27.7 Å². The predicted octanol–water partition coefficient (Wildman–Crippen LogP) is 3.67. The average molecular weight is 411 g/mol. The number of nitrogens with one attached hydrogen (secondary N) is 2. The van der Waals surface area contributed by atoms with Crippen LogP contribution >= 0.6 is 35.0 Å². The van der Waals surface area contributed by atoms with Gasteiger partial charge in [0.25, 0.3) is 0 Å². The first-order valence-electron chi connectivity index (χ1n) is 7.62. The van der Waals surface area contributed by atoms with Crippen LogP contribution in [0.25, 0.3) is 5.69 Å². The van der Waals surface area contributed by atoms with E-state index in [1.165, 1.54) is 11.8 Å². The number of carbonyl (C=O) groups excluding carboxylic acids is 1. The van der Waals surface area contributed by atoms with Gasteiger partial charge in [0, 0.05) is 24.3 Å². The third-order valence-corrected chi connectivity index (χ3v) is 5.27. The summed E-state index contributed by atoms with van der Waals surface area (Å²) in [5.74, 6) is 0.160. The molecule has 6 nitrogen and oxygen atoms in total. The van der Waals surface area contributed by atoms with E-state index >= 15 is 0 Å². The van der Waals surface area contributed by atoms with Gasteiger partial charge in [0.15, 0.2) is 0 Å². The topological polar surface area (TPSA) is 79.0 Å². The van der Waals surface area contributed by atoms with Gasteiger partial charge in [-0.1, -0.05) is 47.5 Å². The second-order valence-electron chi connectivity index (χ2n) is 5.20. The Morgan fingerprint density at radius 1 is 1.15 bits per heavy atom. The van der Waals surface area contributed by atoms with Gasteiger partial charge in [0.05, 0.1) is 15.7 Å². The third-order valence-electron chi connectivity index (χ3n) is 3.42. The molecular formula is C17H14Cl2N3O3S+. The van der Waals surface area contributed by atoms with Crippen LogP contribution in [-0.2, 0) is 4.79 Å². The van der Waals surface area contributed by atoms with Crippen LogP contribution in [-0.4, -0.2) is 16.9 Å². The van der Waals surface area contributed by atoms with E-state index in [1.807, 2.05) is 30.3 Å². The van der Waals surface area contributed by atoms with Crippen molar-refractivity contribution in [3.8, 4) is 5.69 Å².